The molecule has 1 saturated heterocycles. The van der Waals surface area contributed by atoms with Gasteiger partial charge in [0.1, 0.15) is 0 Å². The lowest BCUT2D eigenvalue weighted by Gasteiger charge is -2.19. The molecule has 0 radical (unpaired) electrons. The van der Waals surface area contributed by atoms with Crippen molar-refractivity contribution in [1.29, 1.82) is 0 Å². The fraction of sp³-hybridized carbons (Fsp3) is 0.455. The second-order valence-electron chi connectivity index (χ2n) is 4.06. The van der Waals surface area contributed by atoms with Crippen LogP contribution in [0.2, 0.25) is 4.34 Å². The van der Waals surface area contributed by atoms with Crippen molar-refractivity contribution in [2.75, 3.05) is 6.54 Å². The molecule has 1 aliphatic heterocycles. The normalized spacial score (nSPS) is 20.6. The van der Waals surface area contributed by atoms with Gasteiger partial charge in [-0.2, -0.15) is 4.98 Å². The lowest BCUT2D eigenvalue weighted by Crippen LogP contribution is -2.27. The maximum Gasteiger partial charge on any atom is 0.268 e. The molecule has 0 aliphatic carbocycles. The van der Waals surface area contributed by atoms with Crippen molar-refractivity contribution in [2.24, 2.45) is 0 Å². The Morgan fingerprint density at radius 2 is 2.35 bits per heavy atom. The summed E-state index contributed by atoms with van der Waals surface area (Å²) in [6, 6.07) is 3.97. The molecule has 6 heteroatoms. The number of hydrogen-bond acceptors (Lipinski definition) is 5. The molecule has 1 atom stereocenters. The first kappa shape index (κ1) is 11.2. The van der Waals surface area contributed by atoms with Crippen molar-refractivity contribution in [1.82, 2.24) is 15.5 Å². The Bertz CT molecular complexity index is 504. The highest BCUT2D eigenvalue weighted by molar-refractivity contribution is 7.19. The zero-order valence-electron chi connectivity index (χ0n) is 9.15. The fourth-order valence-electron chi connectivity index (χ4n) is 1.98. The summed E-state index contributed by atoms with van der Waals surface area (Å²) in [5.41, 5.74) is 0. The average Bonchev–Trinajstić information content (AvgIpc) is 2.98. The van der Waals surface area contributed by atoms with Crippen LogP contribution in [0.3, 0.4) is 0 Å². The molecule has 0 amide bonds. The molecule has 1 fully saturated rings. The van der Waals surface area contributed by atoms with Gasteiger partial charge in [-0.05, 0) is 31.5 Å². The Kier molecular flexibility index (Phi) is 3.13. The van der Waals surface area contributed by atoms with E-state index in [1.165, 1.54) is 24.2 Å². The zero-order chi connectivity index (χ0) is 11.7. The number of nitrogens with zero attached hydrogens (tertiary/aromatic N) is 2. The zero-order valence-corrected chi connectivity index (χ0v) is 10.7. The van der Waals surface area contributed by atoms with E-state index in [1.807, 2.05) is 12.1 Å². The van der Waals surface area contributed by atoms with E-state index in [0.717, 1.165) is 28.0 Å². The highest BCUT2D eigenvalue weighted by atomic mass is 35.5. The lowest BCUT2D eigenvalue weighted by atomic mass is 10.0. The molecule has 17 heavy (non-hydrogen) atoms. The summed E-state index contributed by atoms with van der Waals surface area (Å²) < 4.78 is 6.00. The van der Waals surface area contributed by atoms with E-state index in [0.29, 0.717) is 5.89 Å². The largest absolute Gasteiger partial charge is 0.333 e. The van der Waals surface area contributed by atoms with E-state index in [9.17, 15) is 0 Å². The third-order valence-corrected chi connectivity index (χ3v) is 4.07. The van der Waals surface area contributed by atoms with Crippen LogP contribution in [0.4, 0.5) is 0 Å². The number of piperidine rings is 1. The van der Waals surface area contributed by atoms with Crippen LogP contribution in [-0.2, 0) is 0 Å². The Balaban J connectivity index is 1.82. The van der Waals surface area contributed by atoms with Crippen molar-refractivity contribution >= 4 is 22.9 Å². The second kappa shape index (κ2) is 4.76. The minimum atomic E-state index is 0.233. The van der Waals surface area contributed by atoms with Gasteiger partial charge in [0.2, 0.25) is 0 Å². The molecular weight excluding hydrogens is 258 g/mol. The van der Waals surface area contributed by atoms with Crippen LogP contribution in [0.5, 0.6) is 0 Å². The third kappa shape index (κ3) is 2.36. The Morgan fingerprint density at radius 3 is 3.06 bits per heavy atom. The van der Waals surface area contributed by atoms with Crippen LogP contribution in [0.1, 0.15) is 31.1 Å². The van der Waals surface area contributed by atoms with Crippen molar-refractivity contribution < 1.29 is 4.52 Å². The predicted octanol–water partition coefficient (Wildman–Crippen LogP) is 3.27. The van der Waals surface area contributed by atoms with E-state index in [2.05, 4.69) is 15.5 Å². The minimum absolute atomic E-state index is 0.233. The molecule has 1 N–H and O–H groups in total. The smallest absolute Gasteiger partial charge is 0.268 e. The summed E-state index contributed by atoms with van der Waals surface area (Å²) in [5, 5.41) is 7.44. The topological polar surface area (TPSA) is 51.0 Å². The quantitative estimate of drug-likeness (QED) is 0.909. The van der Waals surface area contributed by atoms with Crippen LogP contribution < -0.4 is 5.32 Å². The molecule has 90 valence electrons. The first-order valence-corrected chi connectivity index (χ1v) is 6.85. The van der Waals surface area contributed by atoms with E-state index in [-0.39, 0.29) is 6.04 Å². The van der Waals surface area contributed by atoms with Gasteiger partial charge in [-0.25, -0.2) is 0 Å². The molecule has 3 rings (SSSR count). The molecule has 1 unspecified atom stereocenters. The van der Waals surface area contributed by atoms with Gasteiger partial charge in [0, 0.05) is 0 Å². The lowest BCUT2D eigenvalue weighted by molar-refractivity contribution is 0.367. The standard InChI is InChI=1S/C11H12ClN3OS/c12-9-5-4-8(17-9)11-14-10(15-16-11)7-3-1-2-6-13-7/h4-5,7,13H,1-3,6H2. The average molecular weight is 270 g/mol. The Labute approximate surface area is 108 Å². The van der Waals surface area contributed by atoms with Crippen LogP contribution in [0.25, 0.3) is 10.8 Å². The van der Waals surface area contributed by atoms with Crippen LogP contribution >= 0.6 is 22.9 Å². The predicted molar refractivity (Wildman–Crippen MR) is 67.2 cm³/mol. The summed E-state index contributed by atoms with van der Waals surface area (Å²) in [7, 11) is 0. The summed E-state index contributed by atoms with van der Waals surface area (Å²) >= 11 is 7.33. The molecule has 0 spiro atoms. The SMILES string of the molecule is Clc1ccc(-c2nc(C3CCCCN3)no2)s1. The number of thiophene rings is 1. The van der Waals surface area contributed by atoms with E-state index >= 15 is 0 Å². The number of halogens is 1. The number of aromatic nitrogens is 2. The summed E-state index contributed by atoms with van der Waals surface area (Å²) in [6.07, 6.45) is 3.51. The molecule has 0 aromatic carbocycles. The number of rotatable bonds is 2. The van der Waals surface area contributed by atoms with Crippen molar-refractivity contribution in [2.45, 2.75) is 25.3 Å². The number of nitrogens with one attached hydrogen (secondary N) is 1. The van der Waals surface area contributed by atoms with E-state index in [1.54, 1.807) is 0 Å². The first-order valence-electron chi connectivity index (χ1n) is 5.65. The summed E-state index contributed by atoms with van der Waals surface area (Å²) in [6.45, 7) is 1.03. The molecular formula is C11H12ClN3OS. The van der Waals surface area contributed by atoms with Crippen LogP contribution in [-0.4, -0.2) is 16.7 Å². The highest BCUT2D eigenvalue weighted by Gasteiger charge is 2.21. The summed E-state index contributed by atoms with van der Waals surface area (Å²) in [5.74, 6) is 1.31. The van der Waals surface area contributed by atoms with Gasteiger partial charge < -0.3 is 9.84 Å². The second-order valence-corrected chi connectivity index (χ2v) is 5.78. The first-order chi connectivity index (χ1) is 8.33. The Hall–Kier alpha value is -0.910. The maximum absolute atomic E-state index is 5.88. The van der Waals surface area contributed by atoms with E-state index < -0.39 is 0 Å². The highest BCUT2D eigenvalue weighted by Crippen LogP contribution is 2.31. The van der Waals surface area contributed by atoms with Gasteiger partial charge in [0.05, 0.1) is 15.3 Å². The van der Waals surface area contributed by atoms with Gasteiger partial charge in [0.25, 0.3) is 5.89 Å². The summed E-state index contributed by atoms with van der Waals surface area (Å²) in [4.78, 5) is 5.35. The van der Waals surface area contributed by atoms with Crippen molar-refractivity contribution in [3.05, 3.63) is 22.3 Å². The molecule has 2 aromatic rings. The van der Waals surface area contributed by atoms with Crippen molar-refractivity contribution in [3.8, 4) is 10.8 Å². The Morgan fingerprint density at radius 1 is 1.41 bits per heavy atom. The molecule has 2 aromatic heterocycles. The van der Waals surface area contributed by atoms with Crippen molar-refractivity contribution in [3.63, 3.8) is 0 Å². The van der Waals surface area contributed by atoms with Gasteiger partial charge in [-0.3, -0.25) is 0 Å². The van der Waals surface area contributed by atoms with Crippen LogP contribution in [0, 0.1) is 0 Å². The van der Waals surface area contributed by atoms with Crippen LogP contribution in [0.15, 0.2) is 16.7 Å². The number of hydrogen-bond donors (Lipinski definition) is 1. The molecule has 0 bridgehead atoms. The third-order valence-electron chi connectivity index (χ3n) is 2.85. The van der Waals surface area contributed by atoms with Gasteiger partial charge >= 0.3 is 0 Å². The fourth-order valence-corrected chi connectivity index (χ4v) is 2.94. The molecule has 4 nitrogen and oxygen atoms in total. The van der Waals surface area contributed by atoms with Gasteiger partial charge in [0.15, 0.2) is 5.82 Å². The molecule has 0 saturated carbocycles. The monoisotopic (exact) mass is 269 g/mol. The van der Waals surface area contributed by atoms with Gasteiger partial charge in [-0.15, -0.1) is 11.3 Å². The maximum atomic E-state index is 5.88. The molecule has 3 heterocycles. The van der Waals surface area contributed by atoms with E-state index in [4.69, 9.17) is 16.1 Å². The molecule has 1 aliphatic rings. The van der Waals surface area contributed by atoms with Gasteiger partial charge in [-0.1, -0.05) is 23.2 Å². The minimum Gasteiger partial charge on any atom is -0.333 e.